The molecule has 0 bridgehead atoms. The Morgan fingerprint density at radius 3 is 1.38 bits per heavy atom. The molecule has 102 valence electrons. The van der Waals surface area contributed by atoms with Crippen molar-refractivity contribution < 1.29 is 31.4 Å². The van der Waals surface area contributed by atoms with Crippen LogP contribution in [0.2, 0.25) is 0 Å². The predicted octanol–water partition coefficient (Wildman–Crippen LogP) is 3.88. The van der Waals surface area contributed by atoms with E-state index in [1.807, 2.05) is 0 Å². The fourth-order valence-electron chi connectivity index (χ4n) is 0.583. The molecule has 0 amide bonds. The molecule has 0 aliphatic heterocycles. The van der Waals surface area contributed by atoms with Gasteiger partial charge in [0.2, 0.25) is 0 Å². The molecular weight excluding hydrogens is 444 g/mol. The van der Waals surface area contributed by atoms with Crippen molar-refractivity contribution >= 4 is 29.7 Å². The van der Waals surface area contributed by atoms with Gasteiger partial charge in [-0.3, -0.25) is 0 Å². The first-order valence-corrected chi connectivity index (χ1v) is 8.67. The minimum atomic E-state index is -2.47. The average Bonchev–Trinajstić information content (AvgIpc) is 1.96. The summed E-state index contributed by atoms with van der Waals surface area (Å²) < 4.78 is 11.0. The van der Waals surface area contributed by atoms with Crippen LogP contribution in [-0.4, -0.2) is 13.2 Å². The normalized spacial score (nSPS) is 13.4. The molecule has 0 aromatic heterocycles. The zero-order valence-corrected chi connectivity index (χ0v) is 15.5. The summed E-state index contributed by atoms with van der Waals surface area (Å²) in [5, 5.41) is 0. The summed E-state index contributed by atoms with van der Waals surface area (Å²) in [7, 11) is 0. The van der Waals surface area contributed by atoms with E-state index in [-0.39, 0.29) is 33.2 Å². The van der Waals surface area contributed by atoms with Gasteiger partial charge in [-0.05, 0) is 10.8 Å². The SMILES string of the molecule is CC(C)(C)COP(=S)([S-])OCC(C)(C)C.[Au+]. The smallest absolute Gasteiger partial charge is 0.691 e. The summed E-state index contributed by atoms with van der Waals surface area (Å²) in [5.74, 6) is 0. The molecule has 0 unspecified atom stereocenters. The van der Waals surface area contributed by atoms with Crippen LogP contribution in [-0.2, 0) is 55.5 Å². The molecule has 0 rings (SSSR count). The molecule has 0 heterocycles. The number of rotatable bonds is 4. The zero-order valence-electron chi connectivity index (χ0n) is 10.8. The molecule has 0 saturated carbocycles. The Balaban J connectivity index is 0. The summed E-state index contributed by atoms with van der Waals surface area (Å²) in [4.78, 5) is 0. The van der Waals surface area contributed by atoms with E-state index in [1.165, 1.54) is 0 Å². The number of hydrogen-bond donors (Lipinski definition) is 0. The van der Waals surface area contributed by atoms with E-state index in [2.05, 4.69) is 41.5 Å². The molecular formula is C10H22AuO2PS2. The van der Waals surface area contributed by atoms with E-state index >= 15 is 0 Å². The van der Waals surface area contributed by atoms with Gasteiger partial charge in [0.1, 0.15) is 0 Å². The van der Waals surface area contributed by atoms with Gasteiger partial charge in [0.25, 0.3) is 0 Å². The van der Waals surface area contributed by atoms with E-state index in [9.17, 15) is 0 Å². The third-order valence-corrected chi connectivity index (χ3v) is 3.47. The fourth-order valence-corrected chi connectivity index (χ4v) is 2.38. The van der Waals surface area contributed by atoms with Gasteiger partial charge in [-0.2, -0.15) is 0 Å². The van der Waals surface area contributed by atoms with Crippen LogP contribution in [0.3, 0.4) is 0 Å². The minimum Gasteiger partial charge on any atom is -0.691 e. The molecule has 0 aromatic carbocycles. The molecule has 0 atom stereocenters. The van der Waals surface area contributed by atoms with E-state index in [4.69, 9.17) is 33.1 Å². The second kappa shape index (κ2) is 7.30. The summed E-state index contributed by atoms with van der Waals surface area (Å²) >= 11 is 10.3. The average molecular weight is 466 g/mol. The van der Waals surface area contributed by atoms with Gasteiger partial charge >= 0.3 is 22.4 Å². The third kappa shape index (κ3) is 13.7. The Hall–Kier alpha value is 1.66. The second-order valence-corrected chi connectivity index (χ2v) is 11.1. The maximum Gasteiger partial charge on any atom is 1.00 e. The quantitative estimate of drug-likeness (QED) is 0.356. The molecule has 0 aliphatic rings. The van der Waals surface area contributed by atoms with Crippen molar-refractivity contribution in [3.63, 3.8) is 0 Å². The van der Waals surface area contributed by atoms with Gasteiger partial charge in [0.15, 0.2) is 0 Å². The summed E-state index contributed by atoms with van der Waals surface area (Å²) in [6.07, 6.45) is 0. The van der Waals surface area contributed by atoms with Crippen molar-refractivity contribution in [2.45, 2.75) is 41.5 Å². The van der Waals surface area contributed by atoms with Crippen molar-refractivity contribution in [1.82, 2.24) is 0 Å². The Labute approximate surface area is 126 Å². The monoisotopic (exact) mass is 466 g/mol. The van der Waals surface area contributed by atoms with Crippen LogP contribution in [0.1, 0.15) is 41.5 Å². The van der Waals surface area contributed by atoms with Crippen LogP contribution in [0.5, 0.6) is 0 Å². The van der Waals surface area contributed by atoms with Crippen LogP contribution >= 0.6 is 5.69 Å². The van der Waals surface area contributed by atoms with Gasteiger partial charge < -0.3 is 21.3 Å². The van der Waals surface area contributed by atoms with E-state index in [1.54, 1.807) is 0 Å². The maximum atomic E-state index is 5.51. The summed E-state index contributed by atoms with van der Waals surface area (Å²) in [6, 6.07) is 0. The topological polar surface area (TPSA) is 18.5 Å². The Morgan fingerprint density at radius 1 is 0.938 bits per heavy atom. The summed E-state index contributed by atoms with van der Waals surface area (Å²) in [5.41, 5.74) is -2.31. The van der Waals surface area contributed by atoms with Gasteiger partial charge in [-0.1, -0.05) is 53.3 Å². The van der Waals surface area contributed by atoms with Gasteiger partial charge in [0, 0.05) is 0 Å². The Bertz CT molecular complexity index is 224. The van der Waals surface area contributed by atoms with Crippen molar-refractivity contribution in [2.75, 3.05) is 13.2 Å². The van der Waals surface area contributed by atoms with Crippen LogP contribution in [0.25, 0.3) is 0 Å². The maximum absolute atomic E-state index is 5.51. The first kappa shape index (κ1) is 20.0. The number of hydrogen-bond acceptors (Lipinski definition) is 4. The van der Waals surface area contributed by atoms with Crippen molar-refractivity contribution in [2.24, 2.45) is 10.8 Å². The Kier molecular flexibility index (Phi) is 9.12. The van der Waals surface area contributed by atoms with Crippen LogP contribution in [0.4, 0.5) is 0 Å². The Morgan fingerprint density at radius 2 is 1.19 bits per heavy atom. The molecule has 0 fully saturated rings. The molecule has 2 nitrogen and oxygen atoms in total. The molecule has 0 radical (unpaired) electrons. The van der Waals surface area contributed by atoms with E-state index in [0.717, 1.165) is 0 Å². The van der Waals surface area contributed by atoms with Gasteiger partial charge in [-0.25, -0.2) is 0 Å². The van der Waals surface area contributed by atoms with Crippen molar-refractivity contribution in [3.05, 3.63) is 0 Å². The largest absolute Gasteiger partial charge is 1.00 e. The van der Waals surface area contributed by atoms with Crippen LogP contribution < -0.4 is 0 Å². The zero-order chi connectivity index (χ0) is 12.3. The first-order valence-electron chi connectivity index (χ1n) is 5.01. The first-order chi connectivity index (χ1) is 6.41. The van der Waals surface area contributed by atoms with Crippen molar-refractivity contribution in [1.29, 1.82) is 0 Å². The molecule has 0 aliphatic carbocycles. The van der Waals surface area contributed by atoms with E-state index < -0.39 is 5.69 Å². The van der Waals surface area contributed by atoms with Crippen molar-refractivity contribution in [3.8, 4) is 0 Å². The minimum absolute atomic E-state index is 0. The molecule has 0 saturated heterocycles. The van der Waals surface area contributed by atoms with Crippen LogP contribution in [0.15, 0.2) is 0 Å². The fraction of sp³-hybridized carbons (Fsp3) is 1.00. The molecule has 16 heavy (non-hydrogen) atoms. The summed E-state index contributed by atoms with van der Waals surface area (Å²) in [6.45, 7) is 13.6. The third-order valence-electron chi connectivity index (χ3n) is 1.31. The van der Waals surface area contributed by atoms with Gasteiger partial charge in [-0.15, -0.1) is 0 Å². The molecule has 0 spiro atoms. The molecule has 0 aromatic rings. The standard InChI is InChI=1S/C10H23O2PS2.Au/c1-9(2,3)7-11-13(14,15)12-8-10(4,5)6;/h7-8H2,1-6H3,(H,14,15);/q;+1/p-1. The molecule has 0 N–H and O–H groups in total. The van der Waals surface area contributed by atoms with E-state index in [0.29, 0.717) is 13.2 Å². The van der Waals surface area contributed by atoms with Gasteiger partial charge in [0.05, 0.1) is 18.9 Å². The molecule has 6 heteroatoms. The predicted molar refractivity (Wildman–Crippen MR) is 72.5 cm³/mol. The second-order valence-electron chi connectivity index (χ2n) is 6.12. The van der Waals surface area contributed by atoms with Crippen LogP contribution in [0, 0.1) is 10.8 Å².